The zero-order valence-corrected chi connectivity index (χ0v) is 12.5. The minimum absolute atomic E-state index is 0.161. The van der Waals surface area contributed by atoms with E-state index in [1.807, 2.05) is 0 Å². The molecule has 5 nitrogen and oxygen atoms in total. The van der Waals surface area contributed by atoms with Crippen LogP contribution in [0.3, 0.4) is 0 Å². The second kappa shape index (κ2) is 7.17. The standard InChI is InChI=1S/C15H20FN3O2/c1-10(2)17-8-4-5-14-18-19-15(21-14)11-6-7-12(16)13(9-11)20-3/h6-7,9-10,17H,4-5,8H2,1-3H3. The highest BCUT2D eigenvalue weighted by atomic mass is 19.1. The van der Waals surface area contributed by atoms with Crippen LogP contribution in [0.4, 0.5) is 4.39 Å². The second-order valence-corrected chi connectivity index (χ2v) is 5.06. The maximum absolute atomic E-state index is 13.4. The van der Waals surface area contributed by atoms with E-state index in [1.54, 1.807) is 12.1 Å². The first-order valence-electron chi connectivity index (χ1n) is 7.00. The maximum Gasteiger partial charge on any atom is 0.247 e. The van der Waals surface area contributed by atoms with Crippen LogP contribution in [0.5, 0.6) is 5.75 Å². The molecule has 0 amide bonds. The van der Waals surface area contributed by atoms with Gasteiger partial charge in [0.05, 0.1) is 7.11 Å². The molecule has 0 aliphatic rings. The van der Waals surface area contributed by atoms with Crippen LogP contribution in [-0.2, 0) is 6.42 Å². The van der Waals surface area contributed by atoms with Gasteiger partial charge < -0.3 is 14.5 Å². The van der Waals surface area contributed by atoms with Gasteiger partial charge in [0, 0.05) is 18.0 Å². The van der Waals surface area contributed by atoms with Gasteiger partial charge in [-0.15, -0.1) is 10.2 Å². The van der Waals surface area contributed by atoms with Crippen LogP contribution in [0.25, 0.3) is 11.5 Å². The summed E-state index contributed by atoms with van der Waals surface area (Å²) >= 11 is 0. The molecule has 0 spiro atoms. The molecular formula is C15H20FN3O2. The molecule has 0 aliphatic heterocycles. The van der Waals surface area contributed by atoms with Crippen molar-refractivity contribution in [2.45, 2.75) is 32.7 Å². The molecule has 0 fully saturated rings. The summed E-state index contributed by atoms with van der Waals surface area (Å²) in [4.78, 5) is 0. The highest BCUT2D eigenvalue weighted by Crippen LogP contribution is 2.25. The van der Waals surface area contributed by atoms with Crippen molar-refractivity contribution in [3.63, 3.8) is 0 Å². The summed E-state index contributed by atoms with van der Waals surface area (Å²) in [6.45, 7) is 5.11. The van der Waals surface area contributed by atoms with Crippen molar-refractivity contribution < 1.29 is 13.5 Å². The molecule has 1 aromatic carbocycles. The van der Waals surface area contributed by atoms with Crippen molar-refractivity contribution in [3.8, 4) is 17.2 Å². The number of hydrogen-bond donors (Lipinski definition) is 1. The monoisotopic (exact) mass is 293 g/mol. The van der Waals surface area contributed by atoms with Crippen molar-refractivity contribution >= 4 is 0 Å². The molecule has 0 atom stereocenters. The van der Waals surface area contributed by atoms with Crippen molar-refractivity contribution in [1.82, 2.24) is 15.5 Å². The van der Waals surface area contributed by atoms with Crippen LogP contribution < -0.4 is 10.1 Å². The SMILES string of the molecule is COc1cc(-c2nnc(CCCNC(C)C)o2)ccc1F. The maximum atomic E-state index is 13.4. The van der Waals surface area contributed by atoms with E-state index in [2.05, 4.69) is 29.4 Å². The highest BCUT2D eigenvalue weighted by molar-refractivity contribution is 5.55. The molecule has 1 aromatic heterocycles. The summed E-state index contributed by atoms with van der Waals surface area (Å²) in [6, 6.07) is 4.93. The average Bonchev–Trinajstić information content (AvgIpc) is 2.93. The summed E-state index contributed by atoms with van der Waals surface area (Å²) in [7, 11) is 1.42. The Morgan fingerprint density at radius 2 is 2.14 bits per heavy atom. The van der Waals surface area contributed by atoms with Crippen molar-refractivity contribution in [2.75, 3.05) is 13.7 Å². The largest absolute Gasteiger partial charge is 0.494 e. The molecular weight excluding hydrogens is 273 g/mol. The number of benzene rings is 1. The molecule has 0 aliphatic carbocycles. The van der Waals surface area contributed by atoms with E-state index in [0.29, 0.717) is 29.8 Å². The molecule has 0 unspecified atom stereocenters. The van der Waals surface area contributed by atoms with Crippen molar-refractivity contribution in [1.29, 1.82) is 0 Å². The Kier molecular flexibility index (Phi) is 5.27. The van der Waals surface area contributed by atoms with Gasteiger partial charge >= 0.3 is 0 Å². The van der Waals surface area contributed by atoms with Crippen LogP contribution in [-0.4, -0.2) is 29.9 Å². The fourth-order valence-corrected chi connectivity index (χ4v) is 1.89. The highest BCUT2D eigenvalue weighted by Gasteiger charge is 2.11. The third kappa shape index (κ3) is 4.26. The molecule has 0 saturated carbocycles. The average molecular weight is 293 g/mol. The number of ether oxygens (including phenoxy) is 1. The first kappa shape index (κ1) is 15.4. The number of hydrogen-bond acceptors (Lipinski definition) is 5. The van der Waals surface area contributed by atoms with Gasteiger partial charge in [0.1, 0.15) is 0 Å². The number of aromatic nitrogens is 2. The zero-order valence-electron chi connectivity index (χ0n) is 12.5. The van der Waals surface area contributed by atoms with Gasteiger partial charge in [-0.25, -0.2) is 4.39 Å². The molecule has 1 heterocycles. The van der Waals surface area contributed by atoms with Crippen LogP contribution >= 0.6 is 0 Å². The van der Waals surface area contributed by atoms with Gasteiger partial charge in [0.15, 0.2) is 11.6 Å². The number of aryl methyl sites for hydroxylation is 1. The predicted molar refractivity (Wildman–Crippen MR) is 77.7 cm³/mol. The molecule has 1 N–H and O–H groups in total. The van der Waals surface area contributed by atoms with E-state index >= 15 is 0 Å². The fourth-order valence-electron chi connectivity index (χ4n) is 1.89. The molecule has 0 bridgehead atoms. The lowest BCUT2D eigenvalue weighted by Gasteiger charge is -2.05. The number of halogens is 1. The second-order valence-electron chi connectivity index (χ2n) is 5.06. The van der Waals surface area contributed by atoms with Crippen LogP contribution in [0.1, 0.15) is 26.2 Å². The van der Waals surface area contributed by atoms with E-state index in [0.717, 1.165) is 13.0 Å². The first-order chi connectivity index (χ1) is 10.1. The van der Waals surface area contributed by atoms with Gasteiger partial charge in [-0.1, -0.05) is 13.8 Å². The number of methoxy groups -OCH3 is 1. The lowest BCUT2D eigenvalue weighted by molar-refractivity contribution is 0.386. The summed E-state index contributed by atoms with van der Waals surface area (Å²) in [5.41, 5.74) is 0.646. The molecule has 2 rings (SSSR count). The van der Waals surface area contributed by atoms with E-state index in [4.69, 9.17) is 9.15 Å². The molecule has 21 heavy (non-hydrogen) atoms. The summed E-state index contributed by atoms with van der Waals surface area (Å²) < 4.78 is 23.9. The summed E-state index contributed by atoms with van der Waals surface area (Å²) in [6.07, 6.45) is 1.64. The predicted octanol–water partition coefficient (Wildman–Crippen LogP) is 2.81. The quantitative estimate of drug-likeness (QED) is 0.795. The van der Waals surface area contributed by atoms with E-state index in [-0.39, 0.29) is 5.75 Å². The number of nitrogens with one attached hydrogen (secondary N) is 1. The Bertz CT molecular complexity index is 584. The molecule has 0 radical (unpaired) electrons. The van der Waals surface area contributed by atoms with Crippen molar-refractivity contribution in [3.05, 3.63) is 29.9 Å². The summed E-state index contributed by atoms with van der Waals surface area (Å²) in [5, 5.41) is 11.3. The minimum atomic E-state index is -0.416. The Morgan fingerprint density at radius 3 is 2.86 bits per heavy atom. The minimum Gasteiger partial charge on any atom is -0.494 e. The van der Waals surface area contributed by atoms with Gasteiger partial charge in [0.25, 0.3) is 0 Å². The topological polar surface area (TPSA) is 60.2 Å². The normalized spacial score (nSPS) is 11.1. The molecule has 2 aromatic rings. The smallest absolute Gasteiger partial charge is 0.247 e. The van der Waals surface area contributed by atoms with Crippen LogP contribution in [0.2, 0.25) is 0 Å². The van der Waals surface area contributed by atoms with Gasteiger partial charge in [-0.2, -0.15) is 0 Å². The Balaban J connectivity index is 1.99. The van der Waals surface area contributed by atoms with Crippen molar-refractivity contribution in [2.24, 2.45) is 0 Å². The fraction of sp³-hybridized carbons (Fsp3) is 0.467. The zero-order chi connectivity index (χ0) is 15.2. The van der Waals surface area contributed by atoms with Gasteiger partial charge in [0.2, 0.25) is 11.8 Å². The Hall–Kier alpha value is -1.95. The Morgan fingerprint density at radius 1 is 1.33 bits per heavy atom. The van der Waals surface area contributed by atoms with Crippen LogP contribution in [0.15, 0.2) is 22.6 Å². The molecule has 0 saturated heterocycles. The van der Waals surface area contributed by atoms with E-state index < -0.39 is 5.82 Å². The molecule has 114 valence electrons. The van der Waals surface area contributed by atoms with E-state index in [1.165, 1.54) is 13.2 Å². The van der Waals surface area contributed by atoms with E-state index in [9.17, 15) is 4.39 Å². The first-order valence-corrected chi connectivity index (χ1v) is 7.00. The van der Waals surface area contributed by atoms with Crippen LogP contribution in [0, 0.1) is 5.82 Å². The Labute approximate surface area is 123 Å². The third-order valence-electron chi connectivity index (χ3n) is 2.98. The lowest BCUT2D eigenvalue weighted by Crippen LogP contribution is -2.23. The third-order valence-corrected chi connectivity index (χ3v) is 2.98. The number of rotatable bonds is 7. The summed E-state index contributed by atoms with van der Waals surface area (Å²) in [5.74, 6) is 0.702. The molecule has 6 heteroatoms. The lowest BCUT2D eigenvalue weighted by atomic mass is 10.2. The number of nitrogens with zero attached hydrogens (tertiary/aromatic N) is 2. The van der Waals surface area contributed by atoms with Gasteiger partial charge in [-0.05, 0) is 31.2 Å². The van der Waals surface area contributed by atoms with Gasteiger partial charge in [-0.3, -0.25) is 0 Å².